The molecule has 1 aliphatic rings. The molecule has 0 aliphatic heterocycles. The van der Waals surface area contributed by atoms with Crippen LogP contribution in [0.2, 0.25) is 0 Å². The molecular weight excluding hydrogens is 921 g/mol. The SMILES string of the molecule is OC1=C(O)C(O)=C(O)C(O)=C(N(c2ccc(-c3ccccc3)cc2)c2ccc(-c3ccc(-c4ccc(-c5ccc(N(c6ccc(-c7ccccc7)cc6)c6c(O)c(O)c(O)c(O)c6O)cc5)cc4)cc3)cc2)C1. The smallest absolute Gasteiger partial charge is 0.208 e. The normalized spacial score (nSPS) is 12.7. The van der Waals surface area contributed by atoms with Crippen molar-refractivity contribution in [2.75, 3.05) is 9.80 Å². The Balaban J connectivity index is 0.896. The minimum Gasteiger partial charge on any atom is -0.508 e. The fourth-order valence-electron chi connectivity index (χ4n) is 8.94. The van der Waals surface area contributed by atoms with Crippen LogP contribution >= 0.6 is 0 Å². The summed E-state index contributed by atoms with van der Waals surface area (Å²) in [5, 5.41) is 107. The fraction of sp³-hybridized carbons (Fsp3) is 0.0164. The van der Waals surface area contributed by atoms with E-state index in [9.17, 15) is 51.1 Å². The lowest BCUT2D eigenvalue weighted by Gasteiger charge is -2.28. The Bertz CT molecular complexity index is 3550. The van der Waals surface area contributed by atoms with Crippen molar-refractivity contribution in [1.29, 1.82) is 0 Å². The van der Waals surface area contributed by atoms with Gasteiger partial charge < -0.3 is 60.9 Å². The quantitative estimate of drug-likeness (QED) is 0.0434. The molecule has 0 unspecified atom stereocenters. The molecule has 0 heterocycles. The molecule has 0 aromatic heterocycles. The fourth-order valence-corrected chi connectivity index (χ4v) is 8.94. The van der Waals surface area contributed by atoms with Gasteiger partial charge in [0.15, 0.2) is 23.0 Å². The van der Waals surface area contributed by atoms with Gasteiger partial charge in [-0.05, 0) is 104 Å². The zero-order chi connectivity index (χ0) is 50.9. The summed E-state index contributed by atoms with van der Waals surface area (Å²) in [5.41, 5.74) is 11.2. The lowest BCUT2D eigenvalue weighted by Crippen LogP contribution is -2.19. The summed E-state index contributed by atoms with van der Waals surface area (Å²) in [5.74, 6) is -8.98. The molecule has 0 spiro atoms. The Morgan fingerprint density at radius 3 is 0.795 bits per heavy atom. The van der Waals surface area contributed by atoms with Crippen molar-refractivity contribution in [3.05, 3.63) is 241 Å². The summed E-state index contributed by atoms with van der Waals surface area (Å²) in [6.07, 6.45) is -0.410. The molecule has 9 aromatic rings. The molecule has 0 fully saturated rings. The van der Waals surface area contributed by atoms with Gasteiger partial charge in [0.05, 0.1) is 12.1 Å². The predicted octanol–water partition coefficient (Wildman–Crippen LogP) is 15.0. The molecule has 73 heavy (non-hydrogen) atoms. The topological polar surface area (TPSA) is 209 Å². The van der Waals surface area contributed by atoms with Crippen LogP contribution in [0.1, 0.15) is 6.42 Å². The number of rotatable bonds is 11. The summed E-state index contributed by atoms with van der Waals surface area (Å²) < 4.78 is 0. The molecule has 12 nitrogen and oxygen atoms in total. The first-order chi connectivity index (χ1) is 35.4. The van der Waals surface area contributed by atoms with Crippen molar-refractivity contribution >= 4 is 28.4 Å². The van der Waals surface area contributed by atoms with E-state index in [0.717, 1.165) is 55.6 Å². The molecule has 10 rings (SSSR count). The first-order valence-corrected chi connectivity index (χ1v) is 23.0. The molecule has 0 saturated carbocycles. The summed E-state index contributed by atoms with van der Waals surface area (Å²) in [6, 6.07) is 65.3. The van der Waals surface area contributed by atoms with E-state index in [1.54, 1.807) is 29.2 Å². The summed E-state index contributed by atoms with van der Waals surface area (Å²) >= 11 is 0. The standard InChI is InChI=1S/C61H46N2O10/c64-51-35-50(53(65)57(69)58(70)54(51)66)62(46-27-19-42(20-28-46)36-7-3-1-4-8-36)47-29-21-44(22-30-47)40-15-11-38(12-16-40)39-13-17-41(18-14-39)45-25-33-49(34-26-45)63(52-55(67)59(71)61(73)60(72)56(52)68)48-31-23-43(24-32-48)37-9-5-2-6-10-37/h1-34,64-73H,35H2. The van der Waals surface area contributed by atoms with Crippen molar-refractivity contribution in [1.82, 2.24) is 0 Å². The van der Waals surface area contributed by atoms with E-state index in [2.05, 4.69) is 0 Å². The van der Waals surface area contributed by atoms with Crippen molar-refractivity contribution in [3.8, 4) is 84.4 Å². The largest absolute Gasteiger partial charge is 0.508 e. The Kier molecular flexibility index (Phi) is 12.3. The molecule has 10 N–H and O–H groups in total. The highest BCUT2D eigenvalue weighted by molar-refractivity contribution is 5.90. The molecule has 9 aromatic carbocycles. The second-order valence-electron chi connectivity index (χ2n) is 17.3. The van der Waals surface area contributed by atoms with E-state index < -0.39 is 64.0 Å². The van der Waals surface area contributed by atoms with Gasteiger partial charge >= 0.3 is 0 Å². The van der Waals surface area contributed by atoms with Crippen LogP contribution in [0.4, 0.5) is 28.4 Å². The van der Waals surface area contributed by atoms with Crippen molar-refractivity contribution in [3.63, 3.8) is 0 Å². The molecule has 360 valence electrons. The third-order valence-electron chi connectivity index (χ3n) is 12.9. The molecule has 0 amide bonds. The van der Waals surface area contributed by atoms with Crippen LogP contribution in [0, 0.1) is 0 Å². The minimum absolute atomic E-state index is 0.0163. The minimum atomic E-state index is -1.05. The van der Waals surface area contributed by atoms with Crippen molar-refractivity contribution < 1.29 is 51.1 Å². The van der Waals surface area contributed by atoms with Gasteiger partial charge in [0.25, 0.3) is 0 Å². The van der Waals surface area contributed by atoms with Gasteiger partial charge in [0.1, 0.15) is 11.4 Å². The third kappa shape index (κ3) is 8.88. The van der Waals surface area contributed by atoms with Gasteiger partial charge in [-0.25, -0.2) is 0 Å². The van der Waals surface area contributed by atoms with E-state index in [1.807, 2.05) is 182 Å². The number of phenols is 5. The average molecular weight is 967 g/mol. The van der Waals surface area contributed by atoms with Crippen molar-refractivity contribution in [2.45, 2.75) is 6.42 Å². The summed E-state index contributed by atoms with van der Waals surface area (Å²) in [7, 11) is 0. The monoisotopic (exact) mass is 966 g/mol. The Morgan fingerprint density at radius 1 is 0.233 bits per heavy atom. The number of anilines is 5. The first kappa shape index (κ1) is 46.5. The number of benzene rings is 9. The van der Waals surface area contributed by atoms with Crippen LogP contribution in [-0.2, 0) is 0 Å². The van der Waals surface area contributed by atoms with Crippen LogP contribution in [-0.4, -0.2) is 51.1 Å². The van der Waals surface area contributed by atoms with E-state index in [-0.39, 0.29) is 11.4 Å². The maximum atomic E-state index is 11.2. The van der Waals surface area contributed by atoms with E-state index in [4.69, 9.17) is 0 Å². The second-order valence-corrected chi connectivity index (χ2v) is 17.3. The highest BCUT2D eigenvalue weighted by Crippen LogP contribution is 2.58. The Morgan fingerprint density at radius 2 is 0.479 bits per heavy atom. The zero-order valence-corrected chi connectivity index (χ0v) is 38.7. The zero-order valence-electron chi connectivity index (χ0n) is 38.7. The number of phenolic OH excluding ortho intramolecular Hbond substituents is 5. The lowest BCUT2D eigenvalue weighted by atomic mass is 9.97. The maximum Gasteiger partial charge on any atom is 0.208 e. The van der Waals surface area contributed by atoms with E-state index in [1.165, 1.54) is 4.90 Å². The molecule has 0 saturated heterocycles. The number of hydrogen-bond donors (Lipinski definition) is 10. The number of aromatic hydroxyl groups is 5. The molecular formula is C61H46N2O10. The van der Waals surface area contributed by atoms with Gasteiger partial charge in [-0.2, -0.15) is 0 Å². The predicted molar refractivity (Wildman–Crippen MR) is 284 cm³/mol. The first-order valence-electron chi connectivity index (χ1n) is 23.0. The number of aliphatic hydroxyl groups excluding tert-OH is 5. The van der Waals surface area contributed by atoms with Gasteiger partial charge in [0.2, 0.25) is 28.8 Å². The molecule has 0 atom stereocenters. The van der Waals surface area contributed by atoms with Crippen LogP contribution in [0.25, 0.3) is 55.6 Å². The Hall–Kier alpha value is -10.2. The molecule has 12 heteroatoms. The van der Waals surface area contributed by atoms with E-state index >= 15 is 0 Å². The third-order valence-corrected chi connectivity index (χ3v) is 12.9. The number of aliphatic hydroxyl groups is 5. The molecule has 0 radical (unpaired) electrons. The average Bonchev–Trinajstić information content (AvgIpc) is 3.51. The lowest BCUT2D eigenvalue weighted by molar-refractivity contribution is 0.249. The van der Waals surface area contributed by atoms with Gasteiger partial charge in [0, 0.05) is 22.7 Å². The van der Waals surface area contributed by atoms with Crippen LogP contribution < -0.4 is 9.80 Å². The molecule has 1 aliphatic carbocycles. The number of hydrogen-bond acceptors (Lipinski definition) is 12. The highest BCUT2D eigenvalue weighted by Gasteiger charge is 2.31. The van der Waals surface area contributed by atoms with Crippen molar-refractivity contribution in [2.24, 2.45) is 0 Å². The Labute approximate surface area is 419 Å². The van der Waals surface area contributed by atoms with Gasteiger partial charge in [-0.1, -0.05) is 158 Å². The van der Waals surface area contributed by atoms with Gasteiger partial charge in [-0.3, -0.25) is 0 Å². The number of nitrogens with zero attached hydrogens (tertiary/aromatic N) is 2. The van der Waals surface area contributed by atoms with Crippen LogP contribution in [0.15, 0.2) is 241 Å². The summed E-state index contributed by atoms with van der Waals surface area (Å²) in [4.78, 5) is 3.11. The van der Waals surface area contributed by atoms with Gasteiger partial charge in [-0.15, -0.1) is 0 Å². The van der Waals surface area contributed by atoms with Crippen LogP contribution in [0.5, 0.6) is 28.7 Å². The second kappa shape index (κ2) is 19.3. The maximum absolute atomic E-state index is 11.2. The molecule has 0 bridgehead atoms. The van der Waals surface area contributed by atoms with E-state index in [0.29, 0.717) is 22.7 Å². The summed E-state index contributed by atoms with van der Waals surface area (Å²) in [6.45, 7) is 0. The van der Waals surface area contributed by atoms with Crippen LogP contribution in [0.3, 0.4) is 0 Å². The highest BCUT2D eigenvalue weighted by atomic mass is 16.4.